The highest BCUT2D eigenvalue weighted by Crippen LogP contribution is 2.53. The molecular formula is C25H29N3O3. The van der Waals surface area contributed by atoms with E-state index in [1.807, 2.05) is 0 Å². The maximum absolute atomic E-state index is 14.0. The summed E-state index contributed by atoms with van der Waals surface area (Å²) in [6.45, 7) is 1.63. The molecule has 1 amide bonds. The Bertz CT molecular complexity index is 1010. The third-order valence-corrected chi connectivity index (χ3v) is 8.00. The van der Waals surface area contributed by atoms with E-state index in [0.717, 1.165) is 57.1 Å². The third kappa shape index (κ3) is 2.91. The summed E-state index contributed by atoms with van der Waals surface area (Å²) >= 11 is 0. The summed E-state index contributed by atoms with van der Waals surface area (Å²) < 4.78 is 0. The molecule has 1 aromatic carbocycles. The normalized spacial score (nSPS) is 20.7. The van der Waals surface area contributed by atoms with Gasteiger partial charge in [-0.3, -0.25) is 9.59 Å². The Balaban J connectivity index is 1.60. The van der Waals surface area contributed by atoms with Gasteiger partial charge in [0.25, 0.3) is 0 Å². The van der Waals surface area contributed by atoms with Crippen LogP contribution in [0.4, 0.5) is 5.69 Å². The van der Waals surface area contributed by atoms with Gasteiger partial charge in [-0.2, -0.15) is 0 Å². The molecule has 0 aliphatic heterocycles. The van der Waals surface area contributed by atoms with Crippen LogP contribution in [0.2, 0.25) is 0 Å². The number of hydrogen-bond acceptors (Lipinski definition) is 4. The highest BCUT2D eigenvalue weighted by molar-refractivity contribution is 6.02. The van der Waals surface area contributed by atoms with Crippen LogP contribution in [0.3, 0.4) is 0 Å². The maximum Gasteiger partial charge on any atom is 0.318 e. The minimum absolute atomic E-state index is 0.184. The van der Waals surface area contributed by atoms with Gasteiger partial charge in [-0.15, -0.1) is 0 Å². The van der Waals surface area contributed by atoms with Crippen LogP contribution in [0.25, 0.3) is 0 Å². The molecule has 0 saturated heterocycles. The SMILES string of the molecule is CC(C(=O)O)(c1ncccn1)C1(C(=O)Nc2c3c(cc4c2CCC4)CCC3)CCCC1. The number of aryl methyl sites for hydroxylation is 2. The van der Waals surface area contributed by atoms with Crippen LogP contribution in [-0.4, -0.2) is 27.0 Å². The minimum atomic E-state index is -1.49. The molecule has 2 N–H and O–H groups in total. The van der Waals surface area contributed by atoms with Crippen LogP contribution >= 0.6 is 0 Å². The minimum Gasteiger partial charge on any atom is -0.480 e. The summed E-state index contributed by atoms with van der Waals surface area (Å²) in [4.78, 5) is 35.3. The summed E-state index contributed by atoms with van der Waals surface area (Å²) in [5.41, 5.74) is 3.63. The lowest BCUT2D eigenvalue weighted by Gasteiger charge is -2.41. The van der Waals surface area contributed by atoms with Gasteiger partial charge in [0.05, 0.1) is 5.41 Å². The molecule has 3 aliphatic rings. The zero-order chi connectivity index (χ0) is 21.6. The topological polar surface area (TPSA) is 92.2 Å². The van der Waals surface area contributed by atoms with Crippen LogP contribution in [0.15, 0.2) is 24.5 Å². The van der Waals surface area contributed by atoms with Gasteiger partial charge in [-0.05, 0) is 86.6 Å². The molecule has 6 heteroatoms. The van der Waals surface area contributed by atoms with Crippen LogP contribution in [0, 0.1) is 5.41 Å². The molecule has 1 heterocycles. The van der Waals surface area contributed by atoms with E-state index in [4.69, 9.17) is 0 Å². The van der Waals surface area contributed by atoms with Crippen molar-refractivity contribution in [3.05, 3.63) is 52.6 Å². The number of benzene rings is 1. The van der Waals surface area contributed by atoms with Crippen molar-refractivity contribution in [1.29, 1.82) is 0 Å². The largest absolute Gasteiger partial charge is 0.480 e. The Kier molecular flexibility index (Phi) is 4.83. The third-order valence-electron chi connectivity index (χ3n) is 8.00. The fourth-order valence-corrected chi connectivity index (χ4v) is 6.20. The first kappa shape index (κ1) is 20.2. The number of nitrogens with zero attached hydrogens (tertiary/aromatic N) is 2. The Morgan fingerprint density at radius 2 is 1.55 bits per heavy atom. The average molecular weight is 420 g/mol. The number of carbonyl (C=O) groups excluding carboxylic acids is 1. The quantitative estimate of drug-likeness (QED) is 0.764. The second-order valence-electron chi connectivity index (χ2n) is 9.48. The molecule has 1 atom stereocenters. The van der Waals surface area contributed by atoms with Gasteiger partial charge in [-0.25, -0.2) is 9.97 Å². The first-order chi connectivity index (χ1) is 15.0. The Hall–Kier alpha value is -2.76. The molecule has 0 spiro atoms. The number of rotatable bonds is 5. The first-order valence-corrected chi connectivity index (χ1v) is 11.5. The molecule has 3 aliphatic carbocycles. The fourth-order valence-electron chi connectivity index (χ4n) is 6.20. The average Bonchev–Trinajstić information content (AvgIpc) is 3.53. The number of carboxylic acid groups (broad SMARTS) is 1. The number of aliphatic carboxylic acids is 1. The fraction of sp³-hybridized carbons (Fsp3) is 0.520. The van der Waals surface area contributed by atoms with E-state index in [1.165, 1.54) is 22.3 Å². The van der Waals surface area contributed by atoms with Gasteiger partial charge in [0.1, 0.15) is 11.2 Å². The van der Waals surface area contributed by atoms with Gasteiger partial charge >= 0.3 is 5.97 Å². The molecule has 1 aromatic heterocycles. The van der Waals surface area contributed by atoms with Gasteiger partial charge in [0.2, 0.25) is 5.91 Å². The van der Waals surface area contributed by atoms with Crippen molar-refractivity contribution in [3.63, 3.8) is 0 Å². The van der Waals surface area contributed by atoms with Crippen molar-refractivity contribution in [2.75, 3.05) is 5.32 Å². The number of carboxylic acids is 1. The van der Waals surface area contributed by atoms with E-state index < -0.39 is 16.8 Å². The first-order valence-electron chi connectivity index (χ1n) is 11.5. The summed E-state index contributed by atoms with van der Waals surface area (Å²) in [6, 6.07) is 4.01. The van der Waals surface area contributed by atoms with Crippen molar-refractivity contribution < 1.29 is 14.7 Å². The molecule has 0 bridgehead atoms. The molecule has 6 nitrogen and oxygen atoms in total. The van der Waals surface area contributed by atoms with Crippen molar-refractivity contribution in [2.24, 2.45) is 5.41 Å². The monoisotopic (exact) mass is 419 g/mol. The molecule has 162 valence electrons. The Morgan fingerprint density at radius 3 is 2.10 bits per heavy atom. The number of aromatic nitrogens is 2. The van der Waals surface area contributed by atoms with E-state index in [2.05, 4.69) is 21.4 Å². The number of amides is 1. The number of carbonyl (C=O) groups is 2. The Morgan fingerprint density at radius 1 is 0.968 bits per heavy atom. The van der Waals surface area contributed by atoms with Crippen molar-refractivity contribution in [2.45, 2.75) is 76.5 Å². The molecule has 1 unspecified atom stereocenters. The summed E-state index contributed by atoms with van der Waals surface area (Å²) in [5.74, 6) is -1.01. The van der Waals surface area contributed by atoms with Crippen molar-refractivity contribution in [3.8, 4) is 0 Å². The lowest BCUT2D eigenvalue weighted by molar-refractivity contribution is -0.154. The zero-order valence-corrected chi connectivity index (χ0v) is 18.0. The standard InChI is InChI=1S/C25H29N3O3/c1-24(23(30)31,21-26-13-6-14-27-21)25(11-2-3-12-25)22(29)28-20-18-9-4-7-16(18)15-17-8-5-10-19(17)20/h6,13-15H,2-5,7-12H2,1H3,(H,28,29)(H,30,31). The number of nitrogens with one attached hydrogen (secondary N) is 1. The highest BCUT2D eigenvalue weighted by atomic mass is 16.4. The van der Waals surface area contributed by atoms with Gasteiger partial charge in [0, 0.05) is 18.1 Å². The smallest absolute Gasteiger partial charge is 0.318 e. The van der Waals surface area contributed by atoms with Crippen molar-refractivity contribution in [1.82, 2.24) is 9.97 Å². The summed E-state index contributed by atoms with van der Waals surface area (Å²) in [5, 5.41) is 13.7. The second-order valence-corrected chi connectivity index (χ2v) is 9.48. The maximum atomic E-state index is 14.0. The number of fused-ring (bicyclic) bond motifs is 2. The molecule has 1 saturated carbocycles. The lowest BCUT2D eigenvalue weighted by Crippen LogP contribution is -2.55. The highest BCUT2D eigenvalue weighted by Gasteiger charge is 2.62. The second kappa shape index (κ2) is 7.43. The summed E-state index contributed by atoms with van der Waals surface area (Å²) in [7, 11) is 0. The van der Waals surface area contributed by atoms with Crippen LogP contribution in [0.5, 0.6) is 0 Å². The van der Waals surface area contributed by atoms with Gasteiger partial charge in [-0.1, -0.05) is 18.9 Å². The predicted molar refractivity (Wildman–Crippen MR) is 117 cm³/mol. The Labute approximate surface area is 182 Å². The zero-order valence-electron chi connectivity index (χ0n) is 18.0. The van der Waals surface area contributed by atoms with E-state index in [9.17, 15) is 14.7 Å². The molecule has 2 aromatic rings. The van der Waals surface area contributed by atoms with E-state index in [-0.39, 0.29) is 11.7 Å². The van der Waals surface area contributed by atoms with Crippen molar-refractivity contribution >= 4 is 17.6 Å². The molecule has 0 radical (unpaired) electrons. The number of anilines is 1. The van der Waals surface area contributed by atoms with Gasteiger partial charge < -0.3 is 10.4 Å². The van der Waals surface area contributed by atoms with Crippen LogP contribution in [-0.2, 0) is 40.7 Å². The van der Waals surface area contributed by atoms with Crippen LogP contribution < -0.4 is 5.32 Å². The van der Waals surface area contributed by atoms with E-state index in [0.29, 0.717) is 12.8 Å². The predicted octanol–water partition coefficient (Wildman–Crippen LogP) is 4.00. The number of hydrogen-bond donors (Lipinski definition) is 2. The van der Waals surface area contributed by atoms with Crippen LogP contribution in [0.1, 0.15) is 73.5 Å². The van der Waals surface area contributed by atoms with Gasteiger partial charge in [0.15, 0.2) is 0 Å². The molecule has 5 rings (SSSR count). The van der Waals surface area contributed by atoms with E-state index in [1.54, 1.807) is 25.4 Å². The molecule has 1 fully saturated rings. The summed E-state index contributed by atoms with van der Waals surface area (Å²) in [6.07, 6.45) is 12.1. The molecular weight excluding hydrogens is 390 g/mol. The van der Waals surface area contributed by atoms with E-state index >= 15 is 0 Å². The molecule has 31 heavy (non-hydrogen) atoms. The lowest BCUT2D eigenvalue weighted by atomic mass is 9.61.